The van der Waals surface area contributed by atoms with Crippen molar-refractivity contribution in [3.8, 4) is 0 Å². The largest absolute Gasteiger partial charge is 0.416 e. The standard InChI is InChI=1S/C24H26F3N3O2S/c1-16-13-20-21(14-17(16)2)33-23(28-20)30(8-4-7-29-9-11-32-12-10-29)22(31)18-5-3-6-19(15-18)24(25,26)27/h3,5-6,13-15H,4,7-12H2,1-2H3. The van der Waals surface area contributed by atoms with E-state index in [1.165, 1.54) is 28.4 Å². The summed E-state index contributed by atoms with van der Waals surface area (Å²) in [4.78, 5) is 21.9. The third-order valence-corrected chi connectivity index (χ3v) is 6.91. The number of ether oxygens (including phenoxy) is 1. The molecule has 176 valence electrons. The summed E-state index contributed by atoms with van der Waals surface area (Å²) < 4.78 is 46.0. The minimum atomic E-state index is -4.51. The SMILES string of the molecule is Cc1cc2nc(N(CCCN3CCOCC3)C(=O)c3cccc(C(F)(F)F)c3)sc2cc1C. The van der Waals surface area contributed by atoms with Crippen LogP contribution >= 0.6 is 11.3 Å². The molecule has 1 aliphatic rings. The smallest absolute Gasteiger partial charge is 0.379 e. The molecule has 0 bridgehead atoms. The molecule has 4 rings (SSSR count). The second kappa shape index (κ2) is 9.79. The summed E-state index contributed by atoms with van der Waals surface area (Å²) in [6.45, 7) is 8.20. The molecule has 0 radical (unpaired) electrons. The van der Waals surface area contributed by atoms with Crippen LogP contribution in [0.2, 0.25) is 0 Å². The van der Waals surface area contributed by atoms with E-state index in [1.54, 1.807) is 0 Å². The Bertz CT molecular complexity index is 1100. The van der Waals surface area contributed by atoms with Crippen molar-refractivity contribution in [2.45, 2.75) is 26.4 Å². The monoisotopic (exact) mass is 477 g/mol. The fourth-order valence-electron chi connectivity index (χ4n) is 3.83. The van der Waals surface area contributed by atoms with Gasteiger partial charge >= 0.3 is 6.18 Å². The van der Waals surface area contributed by atoms with E-state index >= 15 is 0 Å². The first-order chi connectivity index (χ1) is 15.7. The van der Waals surface area contributed by atoms with Crippen LogP contribution < -0.4 is 4.90 Å². The van der Waals surface area contributed by atoms with Crippen molar-refractivity contribution < 1.29 is 22.7 Å². The molecule has 1 amide bonds. The summed E-state index contributed by atoms with van der Waals surface area (Å²) in [6.07, 6.45) is -3.83. The highest BCUT2D eigenvalue weighted by Crippen LogP contribution is 2.33. The maximum atomic E-state index is 13.4. The Morgan fingerprint density at radius 1 is 1.15 bits per heavy atom. The Labute approximate surface area is 194 Å². The lowest BCUT2D eigenvalue weighted by atomic mass is 10.1. The van der Waals surface area contributed by atoms with Crippen LogP contribution in [-0.4, -0.2) is 55.2 Å². The molecular formula is C24H26F3N3O2S. The molecule has 1 aliphatic heterocycles. The fraction of sp³-hybridized carbons (Fsp3) is 0.417. The van der Waals surface area contributed by atoms with E-state index < -0.39 is 17.6 Å². The number of halogens is 3. The van der Waals surface area contributed by atoms with Gasteiger partial charge in [-0.2, -0.15) is 13.2 Å². The Morgan fingerprint density at radius 2 is 1.88 bits per heavy atom. The number of amides is 1. The lowest BCUT2D eigenvalue weighted by molar-refractivity contribution is -0.137. The number of aryl methyl sites for hydroxylation is 2. The van der Waals surface area contributed by atoms with Gasteiger partial charge in [0.2, 0.25) is 0 Å². The molecule has 1 aromatic heterocycles. The molecular weight excluding hydrogens is 451 g/mol. The molecule has 2 heterocycles. The van der Waals surface area contributed by atoms with Gasteiger partial charge in [-0.3, -0.25) is 14.6 Å². The van der Waals surface area contributed by atoms with Crippen LogP contribution in [0.25, 0.3) is 10.2 Å². The first kappa shape index (κ1) is 23.7. The van der Waals surface area contributed by atoms with Crippen LogP contribution in [0.1, 0.15) is 33.5 Å². The highest BCUT2D eigenvalue weighted by molar-refractivity contribution is 7.22. The predicted octanol–water partition coefficient (Wildman–Crippen LogP) is 5.30. The second-order valence-corrected chi connectivity index (χ2v) is 9.25. The second-order valence-electron chi connectivity index (χ2n) is 8.24. The van der Waals surface area contributed by atoms with Crippen LogP contribution in [0.15, 0.2) is 36.4 Å². The number of nitrogens with zero attached hydrogens (tertiary/aromatic N) is 3. The van der Waals surface area contributed by atoms with Crippen LogP contribution in [0, 0.1) is 13.8 Å². The van der Waals surface area contributed by atoms with Gasteiger partial charge in [-0.15, -0.1) is 0 Å². The number of fused-ring (bicyclic) bond motifs is 1. The number of thiazole rings is 1. The highest BCUT2D eigenvalue weighted by atomic mass is 32.1. The lowest BCUT2D eigenvalue weighted by Crippen LogP contribution is -2.39. The summed E-state index contributed by atoms with van der Waals surface area (Å²) in [5.74, 6) is -0.476. The van der Waals surface area contributed by atoms with Crippen molar-refractivity contribution in [3.05, 3.63) is 58.7 Å². The van der Waals surface area contributed by atoms with E-state index in [2.05, 4.69) is 9.88 Å². The number of carbonyl (C=O) groups is 1. The summed E-state index contributed by atoms with van der Waals surface area (Å²) >= 11 is 1.39. The molecule has 0 N–H and O–H groups in total. The zero-order valence-corrected chi connectivity index (χ0v) is 19.4. The molecule has 1 saturated heterocycles. The summed E-state index contributed by atoms with van der Waals surface area (Å²) in [5, 5.41) is 0.499. The molecule has 0 spiro atoms. The molecule has 3 aromatic rings. The number of alkyl halides is 3. The zero-order chi connectivity index (χ0) is 23.6. The lowest BCUT2D eigenvalue weighted by Gasteiger charge is -2.27. The molecule has 33 heavy (non-hydrogen) atoms. The van der Waals surface area contributed by atoms with E-state index in [4.69, 9.17) is 4.74 Å². The van der Waals surface area contributed by atoms with E-state index in [1.807, 2.05) is 26.0 Å². The van der Waals surface area contributed by atoms with Crippen molar-refractivity contribution in [1.82, 2.24) is 9.88 Å². The number of carbonyl (C=O) groups excluding carboxylic acids is 1. The third-order valence-electron chi connectivity index (χ3n) is 5.87. The number of benzene rings is 2. The number of hydrogen-bond acceptors (Lipinski definition) is 5. The molecule has 9 heteroatoms. The molecule has 0 unspecified atom stereocenters. The fourth-order valence-corrected chi connectivity index (χ4v) is 4.90. The van der Waals surface area contributed by atoms with Crippen molar-refractivity contribution in [2.24, 2.45) is 0 Å². The maximum Gasteiger partial charge on any atom is 0.416 e. The van der Waals surface area contributed by atoms with Gasteiger partial charge < -0.3 is 4.74 Å². The quantitative estimate of drug-likeness (QED) is 0.483. The average Bonchev–Trinajstić information content (AvgIpc) is 3.19. The number of hydrogen-bond donors (Lipinski definition) is 0. The predicted molar refractivity (Wildman–Crippen MR) is 124 cm³/mol. The van der Waals surface area contributed by atoms with Gasteiger partial charge in [0.25, 0.3) is 5.91 Å². The number of anilines is 1. The number of morpholine rings is 1. The Balaban J connectivity index is 1.63. The summed E-state index contributed by atoms with van der Waals surface area (Å²) in [7, 11) is 0. The Hall–Kier alpha value is -2.49. The molecule has 2 aromatic carbocycles. The summed E-state index contributed by atoms with van der Waals surface area (Å²) in [6, 6.07) is 8.60. The number of aromatic nitrogens is 1. The van der Waals surface area contributed by atoms with Gasteiger partial charge in [0.1, 0.15) is 0 Å². The van der Waals surface area contributed by atoms with Gasteiger partial charge in [-0.25, -0.2) is 4.98 Å². The molecule has 0 saturated carbocycles. The Morgan fingerprint density at radius 3 is 2.61 bits per heavy atom. The minimum absolute atomic E-state index is 0.00261. The highest BCUT2D eigenvalue weighted by Gasteiger charge is 2.32. The molecule has 1 fully saturated rings. The van der Waals surface area contributed by atoms with Crippen molar-refractivity contribution >= 4 is 32.6 Å². The van der Waals surface area contributed by atoms with Crippen molar-refractivity contribution in [3.63, 3.8) is 0 Å². The maximum absolute atomic E-state index is 13.4. The van der Waals surface area contributed by atoms with Crippen LogP contribution in [-0.2, 0) is 10.9 Å². The van der Waals surface area contributed by atoms with Gasteiger partial charge in [-0.05, 0) is 61.7 Å². The summed E-state index contributed by atoms with van der Waals surface area (Å²) in [5.41, 5.74) is 2.18. The van der Waals surface area contributed by atoms with Crippen molar-refractivity contribution in [2.75, 3.05) is 44.3 Å². The van der Waals surface area contributed by atoms with Gasteiger partial charge in [0, 0.05) is 31.7 Å². The van der Waals surface area contributed by atoms with E-state index in [0.717, 1.165) is 53.1 Å². The van der Waals surface area contributed by atoms with Gasteiger partial charge in [0.15, 0.2) is 5.13 Å². The van der Waals surface area contributed by atoms with Gasteiger partial charge in [-0.1, -0.05) is 17.4 Å². The van der Waals surface area contributed by atoms with E-state index in [0.29, 0.717) is 31.3 Å². The molecule has 5 nitrogen and oxygen atoms in total. The first-order valence-electron chi connectivity index (χ1n) is 10.9. The minimum Gasteiger partial charge on any atom is -0.379 e. The Kier molecular flexibility index (Phi) is 7.02. The van der Waals surface area contributed by atoms with E-state index in [9.17, 15) is 18.0 Å². The topological polar surface area (TPSA) is 45.7 Å². The van der Waals surface area contributed by atoms with Crippen molar-refractivity contribution in [1.29, 1.82) is 0 Å². The molecule has 0 aliphatic carbocycles. The van der Waals surface area contributed by atoms with Gasteiger partial charge in [0.05, 0.1) is 29.0 Å². The third kappa shape index (κ3) is 5.54. The molecule has 0 atom stereocenters. The first-order valence-corrected chi connectivity index (χ1v) is 11.7. The van der Waals surface area contributed by atoms with Crippen LogP contribution in [0.4, 0.5) is 18.3 Å². The van der Waals surface area contributed by atoms with Crippen LogP contribution in [0.5, 0.6) is 0 Å². The number of rotatable bonds is 6. The van der Waals surface area contributed by atoms with E-state index in [-0.39, 0.29) is 5.56 Å². The zero-order valence-electron chi connectivity index (χ0n) is 18.6. The normalized spacial score (nSPS) is 15.2. The average molecular weight is 478 g/mol. The van der Waals surface area contributed by atoms with Crippen LogP contribution in [0.3, 0.4) is 0 Å².